The average Bonchev–Trinajstić information content (AvgIpc) is 3.68. The number of nitrogens with zero attached hydrogens (tertiary/aromatic N) is 2. The zero-order chi connectivity index (χ0) is 41.9. The molecule has 0 aliphatic carbocycles. The number of aliphatic hydroxyl groups excluding tert-OH is 8. The lowest BCUT2D eigenvalue weighted by Crippen LogP contribution is -2.64. The van der Waals surface area contributed by atoms with Crippen molar-refractivity contribution < 1.29 is 74.7 Å². The van der Waals surface area contributed by atoms with Crippen molar-refractivity contribution in [1.29, 1.82) is 0 Å². The van der Waals surface area contributed by atoms with Crippen molar-refractivity contribution in [2.75, 3.05) is 13.1 Å². The minimum absolute atomic E-state index is 0.0501. The van der Waals surface area contributed by atoms with Crippen LogP contribution in [0.1, 0.15) is 45.3 Å². The fourth-order valence-electron chi connectivity index (χ4n) is 6.92. The van der Waals surface area contributed by atoms with Crippen LogP contribution < -0.4 is 27.0 Å². The van der Waals surface area contributed by atoms with Gasteiger partial charge in [-0.1, -0.05) is 19.1 Å². The van der Waals surface area contributed by atoms with Crippen molar-refractivity contribution in [1.82, 2.24) is 31.1 Å². The largest absolute Gasteiger partial charge is 0.508 e. The Bertz CT molecular complexity index is 1620. The van der Waals surface area contributed by atoms with E-state index in [2.05, 4.69) is 16.0 Å². The van der Waals surface area contributed by atoms with Crippen LogP contribution in [-0.2, 0) is 28.8 Å². The molecule has 0 saturated carbocycles. The van der Waals surface area contributed by atoms with E-state index in [9.17, 15) is 74.7 Å². The monoisotopic (exact) mass is 797 g/mol. The number of aromatic hydroxyl groups is 1. The number of benzene rings is 1. The van der Waals surface area contributed by atoms with E-state index in [0.717, 1.165) is 35.8 Å². The van der Waals surface area contributed by atoms with E-state index in [1.165, 1.54) is 19.1 Å². The van der Waals surface area contributed by atoms with Crippen molar-refractivity contribution in [3.8, 4) is 5.75 Å². The van der Waals surface area contributed by atoms with Crippen LogP contribution in [0.5, 0.6) is 5.75 Å². The van der Waals surface area contributed by atoms with Crippen LogP contribution in [0.3, 0.4) is 0 Å². The Morgan fingerprint density at radius 2 is 1.23 bits per heavy atom. The second-order valence-corrected chi connectivity index (χ2v) is 14.6. The number of carbonyl (C=O) groups is 6. The number of rotatable bonds is 5. The Morgan fingerprint density at radius 1 is 0.696 bits per heavy atom. The summed E-state index contributed by atoms with van der Waals surface area (Å²) in [6.07, 6.45) is -15.8. The average molecular weight is 798 g/mol. The molecule has 1 aromatic carbocycles. The van der Waals surface area contributed by atoms with Crippen LogP contribution in [0.4, 0.5) is 0 Å². The molecule has 22 heteroatoms. The van der Waals surface area contributed by atoms with Crippen LogP contribution in [0.15, 0.2) is 24.3 Å². The van der Waals surface area contributed by atoms with Crippen LogP contribution in [0.25, 0.3) is 0 Å². The molecule has 0 bridgehead atoms. The Kier molecular flexibility index (Phi) is 14.3. The molecule has 0 radical (unpaired) electrons. The summed E-state index contributed by atoms with van der Waals surface area (Å²) in [5.74, 6) is -8.12. The summed E-state index contributed by atoms with van der Waals surface area (Å²) in [7, 11) is 0. The molecule has 312 valence electrons. The summed E-state index contributed by atoms with van der Waals surface area (Å²) in [6.45, 7) is 2.85. The summed E-state index contributed by atoms with van der Waals surface area (Å²) in [5.41, 5.74) is 5.88. The van der Waals surface area contributed by atoms with Gasteiger partial charge in [-0.3, -0.25) is 28.8 Å². The van der Waals surface area contributed by atoms with Gasteiger partial charge in [0, 0.05) is 31.8 Å². The van der Waals surface area contributed by atoms with Crippen LogP contribution in [-0.4, -0.2) is 183 Å². The zero-order valence-electron chi connectivity index (χ0n) is 30.7. The maximum Gasteiger partial charge on any atom is 0.248 e. The van der Waals surface area contributed by atoms with Gasteiger partial charge >= 0.3 is 0 Å². The number of aliphatic hydroxyl groups is 8. The molecule has 3 heterocycles. The standard InChI is InChI=1S/C34H51N7O15/c1-12-10-41-24(25(12)47)32(54)39-30(52)20(46)9-18(35)28(50)36-21(13(2)42)33(55)40-11-17(45)8-19(40)29(51)38-23(31(53)37-22(14(3)43)34(41)56)27(49)26(48)15-4-6-16(44)7-5-15/h4-7,12-14,17-27,30,42-49,52H,8-11,35H2,1-3H3,(H,36,50)(H,37,53)(H,38,51)(H,39,54)/t12-,13?,14?,17+,18-,19-,20+,21-,22-,23-,24-,25-,26-,27-,30+/m0/s1. The van der Waals surface area contributed by atoms with Crippen molar-refractivity contribution >= 4 is 35.4 Å². The summed E-state index contributed by atoms with van der Waals surface area (Å²) < 4.78 is 0. The first-order chi connectivity index (χ1) is 26.1. The van der Waals surface area contributed by atoms with Crippen LogP contribution >= 0.6 is 0 Å². The highest BCUT2D eigenvalue weighted by molar-refractivity contribution is 5.98. The molecule has 3 aliphatic heterocycles. The smallest absolute Gasteiger partial charge is 0.248 e. The first kappa shape index (κ1) is 44.2. The molecule has 56 heavy (non-hydrogen) atoms. The zero-order valence-corrected chi connectivity index (χ0v) is 30.7. The van der Waals surface area contributed by atoms with Crippen LogP contribution in [0, 0.1) is 5.92 Å². The van der Waals surface area contributed by atoms with Gasteiger partial charge in [-0.05, 0) is 31.5 Å². The number of carbonyl (C=O) groups excluding carboxylic acids is 6. The minimum Gasteiger partial charge on any atom is -0.508 e. The number of nitrogens with two attached hydrogens (primary N) is 1. The van der Waals surface area contributed by atoms with E-state index >= 15 is 0 Å². The predicted molar refractivity (Wildman–Crippen MR) is 188 cm³/mol. The first-order valence-electron chi connectivity index (χ1n) is 18.0. The van der Waals surface area contributed by atoms with Gasteiger partial charge in [0.25, 0.3) is 0 Å². The molecule has 2 unspecified atom stereocenters. The van der Waals surface area contributed by atoms with Gasteiger partial charge in [-0.2, -0.15) is 0 Å². The Hall–Kier alpha value is -4.52. The first-order valence-corrected chi connectivity index (χ1v) is 18.0. The summed E-state index contributed by atoms with van der Waals surface area (Å²) in [4.78, 5) is 83.9. The van der Waals surface area contributed by atoms with Gasteiger partial charge in [-0.25, -0.2) is 0 Å². The highest BCUT2D eigenvalue weighted by Gasteiger charge is 2.50. The normalized spacial score (nSPS) is 35.2. The third-order valence-corrected chi connectivity index (χ3v) is 10.2. The molecule has 6 amide bonds. The fraction of sp³-hybridized carbons (Fsp3) is 0.647. The summed E-state index contributed by atoms with van der Waals surface area (Å²) in [6, 6.07) is -6.28. The quantitative estimate of drug-likeness (QED) is 0.132. The van der Waals surface area contributed by atoms with E-state index in [-0.39, 0.29) is 17.9 Å². The number of amides is 6. The molecule has 4 rings (SSSR count). The molecule has 22 nitrogen and oxygen atoms in total. The van der Waals surface area contributed by atoms with Crippen LogP contribution in [0.2, 0.25) is 0 Å². The molecule has 3 saturated heterocycles. The topological polar surface area (TPSA) is 365 Å². The van der Waals surface area contributed by atoms with Gasteiger partial charge in [0.15, 0.2) is 6.23 Å². The highest BCUT2D eigenvalue weighted by atomic mass is 16.3. The molecule has 3 fully saturated rings. The van der Waals surface area contributed by atoms with E-state index in [1.54, 1.807) is 0 Å². The van der Waals surface area contributed by atoms with Crippen molar-refractivity contribution in [3.63, 3.8) is 0 Å². The maximum atomic E-state index is 14.0. The minimum atomic E-state index is -2.24. The summed E-state index contributed by atoms with van der Waals surface area (Å²) in [5, 5.41) is 105. The molecule has 15 atom stereocenters. The van der Waals surface area contributed by atoms with E-state index < -0.39 is 146 Å². The molecule has 0 aromatic heterocycles. The van der Waals surface area contributed by atoms with Crippen molar-refractivity contribution in [3.05, 3.63) is 29.8 Å². The molecular weight excluding hydrogens is 746 g/mol. The van der Waals surface area contributed by atoms with Gasteiger partial charge in [0.2, 0.25) is 35.4 Å². The highest BCUT2D eigenvalue weighted by Crippen LogP contribution is 2.27. The molecule has 1 aromatic rings. The van der Waals surface area contributed by atoms with E-state index in [1.807, 2.05) is 5.32 Å². The molecular formula is C34H51N7O15. The molecule has 0 spiro atoms. The third kappa shape index (κ3) is 9.70. The Labute approximate surface area is 320 Å². The molecule has 3 aliphatic rings. The maximum absolute atomic E-state index is 14.0. The number of phenols is 1. The van der Waals surface area contributed by atoms with E-state index in [0.29, 0.717) is 0 Å². The van der Waals surface area contributed by atoms with Crippen molar-refractivity contribution in [2.45, 2.75) is 119 Å². The number of hydrogen-bond acceptors (Lipinski definition) is 16. The SMILES string of the molecule is CC(O)[C@@H]1NC(=O)[C@H]([C@H](O)[C@@H](O)c2ccc(O)cc2)NC(=O)[C@@H]2C[C@@H](O)CN2C(=O)[C@H](C(C)O)NC(=O)[C@@H](N)C[C@@H](O)[C@@H](O)NC(=O)[C@@H]2[C@@H](O)[C@@H](C)CN2C1=O. The Balaban J connectivity index is 1.80. The lowest BCUT2D eigenvalue weighted by Gasteiger charge is -2.34. The number of nitrogens with one attached hydrogen (secondary N) is 4. The number of fused-ring (bicyclic) bond motifs is 2. The lowest BCUT2D eigenvalue weighted by atomic mass is 9.96. The number of hydrogen-bond donors (Lipinski definition) is 14. The summed E-state index contributed by atoms with van der Waals surface area (Å²) >= 11 is 0. The molecule has 15 N–H and O–H groups in total. The van der Waals surface area contributed by atoms with Crippen molar-refractivity contribution in [2.24, 2.45) is 11.7 Å². The van der Waals surface area contributed by atoms with Gasteiger partial charge < -0.3 is 82.8 Å². The predicted octanol–water partition coefficient (Wildman–Crippen LogP) is -7.30. The fourth-order valence-corrected chi connectivity index (χ4v) is 6.92. The van der Waals surface area contributed by atoms with Gasteiger partial charge in [-0.15, -0.1) is 0 Å². The van der Waals surface area contributed by atoms with Gasteiger partial charge in [0.1, 0.15) is 54.3 Å². The third-order valence-electron chi connectivity index (χ3n) is 10.2. The Morgan fingerprint density at radius 3 is 1.80 bits per heavy atom. The lowest BCUT2D eigenvalue weighted by molar-refractivity contribution is -0.148. The number of phenolic OH excluding ortho intramolecular Hbond substituents is 1. The van der Waals surface area contributed by atoms with Gasteiger partial charge in [0.05, 0.1) is 30.5 Å². The second kappa shape index (κ2) is 18.2. The van der Waals surface area contributed by atoms with E-state index in [4.69, 9.17) is 5.73 Å². The second-order valence-electron chi connectivity index (χ2n) is 14.6.